The molecule has 2 N–H and O–H groups in total. The molecule has 0 atom stereocenters. The van der Waals surface area contributed by atoms with Crippen molar-refractivity contribution < 1.29 is 33.1 Å². The molecule has 44 heavy (non-hydrogen) atoms. The fourth-order valence-corrected chi connectivity index (χ4v) is 5.91. The highest BCUT2D eigenvalue weighted by Crippen LogP contribution is 2.41. The van der Waals surface area contributed by atoms with Gasteiger partial charge in [-0.15, -0.1) is 0 Å². The number of phosphoric acid groups is 1. The summed E-state index contributed by atoms with van der Waals surface area (Å²) in [5.41, 5.74) is 4.94. The third-order valence-corrected chi connectivity index (χ3v) is 8.35. The molecule has 0 saturated heterocycles. The molecule has 0 radical (unpaired) electrons. The minimum atomic E-state index is -4.67. The van der Waals surface area contributed by atoms with Crippen molar-refractivity contribution in [1.29, 1.82) is 0 Å². The van der Waals surface area contributed by atoms with Crippen molar-refractivity contribution in [3.05, 3.63) is 83.4 Å². The topological polar surface area (TPSA) is 101 Å². The number of likely N-dealkylation sites (N-methyl/N-ethyl adjacent to an activating group) is 2. The first-order chi connectivity index (χ1) is 21.2. The van der Waals surface area contributed by atoms with E-state index in [4.69, 9.17) is 18.7 Å². The van der Waals surface area contributed by atoms with Gasteiger partial charge in [0.1, 0.15) is 17.6 Å². The summed E-state index contributed by atoms with van der Waals surface area (Å²) in [6.45, 7) is 16.6. The highest BCUT2D eigenvalue weighted by molar-refractivity contribution is 7.46. The van der Waals surface area contributed by atoms with Crippen molar-refractivity contribution in [3.63, 3.8) is 0 Å². The average Bonchev–Trinajstić information content (AvgIpc) is 3.49. The Hall–Kier alpha value is -3.33. The summed E-state index contributed by atoms with van der Waals surface area (Å²) in [7, 11) is -4.67. The number of allylic oxidation sites excluding steroid dienone is 1. The van der Waals surface area contributed by atoms with Crippen LogP contribution in [0.4, 0.5) is 0 Å². The van der Waals surface area contributed by atoms with Crippen LogP contribution in [0.1, 0.15) is 57.7 Å². The second-order valence-corrected chi connectivity index (χ2v) is 11.8. The predicted molar refractivity (Wildman–Crippen MR) is 174 cm³/mol. The zero-order valence-corrected chi connectivity index (χ0v) is 27.3. The molecule has 0 saturated carbocycles. The normalized spacial score (nSPS) is 13.5. The Labute approximate surface area is 261 Å². The van der Waals surface area contributed by atoms with Gasteiger partial charge in [-0.3, -0.25) is 9.79 Å². The van der Waals surface area contributed by atoms with E-state index >= 15 is 0 Å². The largest absolute Gasteiger partial charge is 0.524 e. The van der Waals surface area contributed by atoms with E-state index in [9.17, 15) is 14.4 Å². The summed E-state index contributed by atoms with van der Waals surface area (Å²) in [6, 6.07) is 20.9. The minimum absolute atomic E-state index is 0.0251. The lowest BCUT2D eigenvalue weighted by Crippen LogP contribution is -2.43. The molecule has 238 valence electrons. The number of hydrogen-bond acceptors (Lipinski definition) is 7. The van der Waals surface area contributed by atoms with E-state index in [1.165, 1.54) is 0 Å². The number of fused-ring (bicyclic) bond motifs is 1. The fourth-order valence-electron chi connectivity index (χ4n) is 5.51. The van der Waals surface area contributed by atoms with Crippen LogP contribution in [0.25, 0.3) is 11.1 Å². The first-order valence-electron chi connectivity index (χ1n) is 15.4. The van der Waals surface area contributed by atoms with Gasteiger partial charge in [0, 0.05) is 13.1 Å². The van der Waals surface area contributed by atoms with Crippen LogP contribution < -0.4 is 18.7 Å². The molecular formula is C34H45N2O7P. The van der Waals surface area contributed by atoms with E-state index < -0.39 is 7.82 Å². The maximum absolute atomic E-state index is 11.4. The summed E-state index contributed by atoms with van der Waals surface area (Å²) in [4.78, 5) is 23.3. The van der Waals surface area contributed by atoms with E-state index in [1.54, 1.807) is 12.1 Å². The average molecular weight is 625 g/mol. The van der Waals surface area contributed by atoms with Crippen LogP contribution in [0, 0.1) is 0 Å². The predicted octanol–water partition coefficient (Wildman–Crippen LogP) is 6.69. The van der Waals surface area contributed by atoms with Crippen molar-refractivity contribution in [2.75, 3.05) is 46.1 Å². The highest BCUT2D eigenvalue weighted by Gasteiger charge is 2.21. The Morgan fingerprint density at radius 1 is 0.750 bits per heavy atom. The van der Waals surface area contributed by atoms with Crippen LogP contribution in [0.15, 0.2) is 66.7 Å². The molecule has 0 aliphatic carbocycles. The van der Waals surface area contributed by atoms with E-state index in [0.29, 0.717) is 5.75 Å². The smallest absolute Gasteiger partial charge is 0.488 e. The summed E-state index contributed by atoms with van der Waals surface area (Å²) < 4.78 is 34.0. The number of nitrogens with zero attached hydrogens (tertiary/aromatic N) is 2. The molecule has 3 aromatic carbocycles. The molecule has 0 amide bonds. The van der Waals surface area contributed by atoms with Gasteiger partial charge in [-0.1, -0.05) is 65.0 Å². The van der Waals surface area contributed by atoms with Crippen LogP contribution in [0.3, 0.4) is 0 Å². The van der Waals surface area contributed by atoms with Crippen molar-refractivity contribution in [2.24, 2.45) is 0 Å². The summed E-state index contributed by atoms with van der Waals surface area (Å²) >= 11 is 0. The summed E-state index contributed by atoms with van der Waals surface area (Å²) in [6.07, 6.45) is 0.751. The third-order valence-electron chi connectivity index (χ3n) is 7.90. The van der Waals surface area contributed by atoms with Gasteiger partial charge in [0.2, 0.25) is 6.79 Å². The van der Waals surface area contributed by atoms with Crippen molar-refractivity contribution >= 4 is 19.0 Å². The first kappa shape index (κ1) is 33.6. The number of phosphoric ester groups is 1. The molecule has 0 spiro atoms. The van der Waals surface area contributed by atoms with Crippen molar-refractivity contribution in [2.45, 2.75) is 47.1 Å². The van der Waals surface area contributed by atoms with Gasteiger partial charge in [-0.05, 0) is 96.8 Å². The molecule has 0 bridgehead atoms. The fraction of sp³-hybridized carbons (Fsp3) is 0.412. The third kappa shape index (κ3) is 8.87. The Morgan fingerprint density at radius 2 is 1.25 bits per heavy atom. The van der Waals surface area contributed by atoms with Crippen LogP contribution >= 0.6 is 7.82 Å². The highest BCUT2D eigenvalue weighted by atomic mass is 31.2. The maximum atomic E-state index is 11.4. The lowest BCUT2D eigenvalue weighted by molar-refractivity contribution is 0.0989. The van der Waals surface area contributed by atoms with Gasteiger partial charge in [0.15, 0.2) is 11.5 Å². The Bertz CT molecular complexity index is 1410. The van der Waals surface area contributed by atoms with E-state index in [1.807, 2.05) is 42.5 Å². The molecule has 0 fully saturated rings. The SMILES string of the molecule is CCC(=C(c1ccc(OC(CN(CC)CC)CN(CC)CC)cc1)c1ccc(OP(=O)(O)O)cc1)c1ccc2c(c1)OCO2. The maximum Gasteiger partial charge on any atom is 0.524 e. The standard InChI is InChI=1S/C34H45N2O7P/c1-6-31(27-15-20-32-33(21-27)41-24-40-32)34(26-13-18-29(19-14-26)43-44(37,38)39)25-11-16-28(17-12-25)42-30(22-35(7-2)8-3)23-36(9-4)10-5/h11-21,30H,6-10,22-24H2,1-5H3,(H2,37,38,39). The zero-order chi connectivity index (χ0) is 31.7. The molecule has 4 rings (SSSR count). The second-order valence-electron chi connectivity index (χ2n) is 10.6. The molecule has 3 aromatic rings. The van der Waals surface area contributed by atoms with Gasteiger partial charge in [0.25, 0.3) is 0 Å². The molecule has 9 nitrogen and oxygen atoms in total. The number of hydrogen-bond donors (Lipinski definition) is 2. The summed E-state index contributed by atoms with van der Waals surface area (Å²) in [5, 5.41) is 0. The monoisotopic (exact) mass is 624 g/mol. The summed E-state index contributed by atoms with van der Waals surface area (Å²) in [5.74, 6) is 2.33. The van der Waals surface area contributed by atoms with E-state index in [2.05, 4.69) is 56.6 Å². The van der Waals surface area contributed by atoms with Crippen LogP contribution in [-0.4, -0.2) is 71.8 Å². The zero-order valence-electron chi connectivity index (χ0n) is 26.4. The Balaban J connectivity index is 1.72. The van der Waals surface area contributed by atoms with Gasteiger partial charge in [-0.25, -0.2) is 4.57 Å². The van der Waals surface area contributed by atoms with Gasteiger partial charge >= 0.3 is 7.82 Å². The lowest BCUT2D eigenvalue weighted by atomic mass is 9.88. The van der Waals surface area contributed by atoms with Crippen LogP contribution in [-0.2, 0) is 4.57 Å². The first-order valence-corrected chi connectivity index (χ1v) is 16.9. The number of ether oxygens (including phenoxy) is 3. The molecule has 0 aromatic heterocycles. The van der Waals surface area contributed by atoms with Crippen molar-refractivity contribution in [1.82, 2.24) is 9.80 Å². The Morgan fingerprint density at radius 3 is 1.75 bits per heavy atom. The number of benzene rings is 3. The minimum Gasteiger partial charge on any atom is -0.488 e. The molecule has 1 aliphatic heterocycles. The Kier molecular flexibility index (Phi) is 11.9. The van der Waals surface area contributed by atoms with Gasteiger partial charge < -0.3 is 28.5 Å². The van der Waals surface area contributed by atoms with Gasteiger partial charge in [-0.2, -0.15) is 0 Å². The van der Waals surface area contributed by atoms with Crippen molar-refractivity contribution in [3.8, 4) is 23.0 Å². The quantitative estimate of drug-likeness (QED) is 0.133. The second kappa shape index (κ2) is 15.6. The molecule has 10 heteroatoms. The van der Waals surface area contributed by atoms with E-state index in [-0.39, 0.29) is 18.6 Å². The van der Waals surface area contributed by atoms with E-state index in [0.717, 1.165) is 85.0 Å². The van der Waals surface area contributed by atoms with Crippen LogP contribution in [0.5, 0.6) is 23.0 Å². The molecule has 1 aliphatic rings. The van der Waals surface area contributed by atoms with Gasteiger partial charge in [0.05, 0.1) is 0 Å². The molecule has 1 heterocycles. The lowest BCUT2D eigenvalue weighted by Gasteiger charge is -2.30. The number of rotatable bonds is 16. The molecular weight excluding hydrogens is 579 g/mol. The molecule has 0 unspecified atom stereocenters. The van der Waals surface area contributed by atoms with Crippen LogP contribution in [0.2, 0.25) is 0 Å².